The van der Waals surface area contributed by atoms with E-state index in [1.807, 2.05) is 0 Å². The van der Waals surface area contributed by atoms with E-state index >= 15 is 0 Å². The van der Waals surface area contributed by atoms with Gasteiger partial charge in [0.25, 0.3) is 0 Å². The van der Waals surface area contributed by atoms with Crippen molar-refractivity contribution in [3.05, 3.63) is 33.9 Å². The maximum Gasteiger partial charge on any atom is 0.311 e. The molecule has 0 amide bonds. The fourth-order valence-corrected chi connectivity index (χ4v) is 1.46. The van der Waals surface area contributed by atoms with E-state index in [1.165, 1.54) is 6.07 Å². The van der Waals surface area contributed by atoms with Crippen LogP contribution in [0.15, 0.2) is 18.2 Å². The molecule has 0 spiro atoms. The predicted molar refractivity (Wildman–Crippen MR) is 64.6 cm³/mol. The molecule has 6 heteroatoms. The summed E-state index contributed by atoms with van der Waals surface area (Å²) in [6, 6.07) is 4.72. The van der Waals surface area contributed by atoms with Crippen molar-refractivity contribution in [2.24, 2.45) is 0 Å². The lowest BCUT2D eigenvalue weighted by Gasteiger charge is -2.07. The molecule has 0 N–H and O–H groups in total. The van der Waals surface area contributed by atoms with Crippen LogP contribution in [0.3, 0.4) is 0 Å². The van der Waals surface area contributed by atoms with E-state index in [0.717, 1.165) is 0 Å². The van der Waals surface area contributed by atoms with E-state index in [4.69, 9.17) is 21.1 Å². The van der Waals surface area contributed by atoms with Crippen molar-refractivity contribution in [2.75, 3.05) is 20.3 Å². The van der Waals surface area contributed by atoms with Crippen LogP contribution in [-0.2, 0) is 10.6 Å². The van der Waals surface area contributed by atoms with Crippen molar-refractivity contribution < 1.29 is 14.4 Å². The molecule has 1 aromatic carbocycles. The van der Waals surface area contributed by atoms with Crippen molar-refractivity contribution in [3.8, 4) is 5.75 Å². The van der Waals surface area contributed by atoms with Crippen LogP contribution in [0.25, 0.3) is 0 Å². The van der Waals surface area contributed by atoms with Gasteiger partial charge in [0.1, 0.15) is 0 Å². The first-order valence-electron chi connectivity index (χ1n) is 5.14. The number of rotatable bonds is 7. The van der Waals surface area contributed by atoms with Crippen LogP contribution in [0.5, 0.6) is 5.75 Å². The lowest BCUT2D eigenvalue weighted by atomic mass is 10.2. The number of nitro benzene ring substituents is 1. The molecule has 0 heterocycles. The Morgan fingerprint density at radius 2 is 2.18 bits per heavy atom. The Kier molecular flexibility index (Phi) is 5.72. The van der Waals surface area contributed by atoms with Crippen LogP contribution in [0.4, 0.5) is 5.69 Å². The lowest BCUT2D eigenvalue weighted by molar-refractivity contribution is -0.385. The third-order valence-electron chi connectivity index (χ3n) is 2.12. The monoisotopic (exact) mass is 259 g/mol. The Hall–Kier alpha value is -1.33. The fourth-order valence-electron chi connectivity index (χ4n) is 1.30. The molecule has 0 atom stereocenters. The molecular formula is C11H14ClNO4. The van der Waals surface area contributed by atoms with Crippen LogP contribution < -0.4 is 4.74 Å². The van der Waals surface area contributed by atoms with Gasteiger partial charge in [-0.1, -0.05) is 6.07 Å². The Bertz CT molecular complexity index is 384. The van der Waals surface area contributed by atoms with E-state index in [0.29, 0.717) is 25.2 Å². The standard InChI is InChI=1S/C11H14ClNO4/c1-16-5-2-6-17-11-4-3-9(8-12)7-10(11)13(14)15/h3-4,7H,2,5-6,8H2,1H3. The van der Waals surface area contributed by atoms with E-state index in [1.54, 1.807) is 19.2 Å². The maximum atomic E-state index is 10.8. The molecule has 0 saturated carbocycles. The summed E-state index contributed by atoms with van der Waals surface area (Å²) < 4.78 is 10.2. The number of nitrogens with zero attached hydrogens (tertiary/aromatic N) is 1. The Morgan fingerprint density at radius 3 is 2.76 bits per heavy atom. The molecule has 0 aliphatic rings. The number of halogens is 1. The van der Waals surface area contributed by atoms with Gasteiger partial charge in [-0.3, -0.25) is 10.1 Å². The summed E-state index contributed by atoms with van der Waals surface area (Å²) in [4.78, 5) is 10.4. The minimum Gasteiger partial charge on any atom is -0.487 e. The zero-order valence-electron chi connectivity index (χ0n) is 9.52. The third-order valence-corrected chi connectivity index (χ3v) is 2.43. The average Bonchev–Trinajstić information content (AvgIpc) is 2.34. The summed E-state index contributed by atoms with van der Waals surface area (Å²) in [5, 5.41) is 10.8. The van der Waals surface area contributed by atoms with Crippen molar-refractivity contribution in [3.63, 3.8) is 0 Å². The van der Waals surface area contributed by atoms with Crippen LogP contribution in [0.2, 0.25) is 0 Å². The number of alkyl halides is 1. The molecule has 0 fully saturated rings. The molecule has 94 valence electrons. The number of ether oxygens (including phenoxy) is 2. The van der Waals surface area contributed by atoms with E-state index in [9.17, 15) is 10.1 Å². The summed E-state index contributed by atoms with van der Waals surface area (Å²) in [5.74, 6) is 0.505. The molecule has 1 rings (SSSR count). The molecule has 0 bridgehead atoms. The van der Waals surface area contributed by atoms with Gasteiger partial charge in [-0.15, -0.1) is 11.6 Å². The number of hydrogen-bond acceptors (Lipinski definition) is 4. The molecule has 0 radical (unpaired) electrons. The van der Waals surface area contributed by atoms with E-state index in [-0.39, 0.29) is 17.3 Å². The normalized spacial score (nSPS) is 10.2. The van der Waals surface area contributed by atoms with Gasteiger partial charge in [0.2, 0.25) is 0 Å². The van der Waals surface area contributed by atoms with Gasteiger partial charge in [0, 0.05) is 32.1 Å². The van der Waals surface area contributed by atoms with Gasteiger partial charge in [0.05, 0.1) is 11.5 Å². The highest BCUT2D eigenvalue weighted by Crippen LogP contribution is 2.28. The highest BCUT2D eigenvalue weighted by molar-refractivity contribution is 6.17. The molecule has 1 aromatic rings. The van der Waals surface area contributed by atoms with E-state index < -0.39 is 4.92 Å². The summed E-state index contributed by atoms with van der Waals surface area (Å²) in [6.07, 6.45) is 0.685. The zero-order chi connectivity index (χ0) is 12.7. The molecule has 0 aliphatic carbocycles. The number of methoxy groups -OCH3 is 1. The minimum atomic E-state index is -0.471. The lowest BCUT2D eigenvalue weighted by Crippen LogP contribution is -2.03. The topological polar surface area (TPSA) is 61.6 Å². The van der Waals surface area contributed by atoms with Gasteiger partial charge in [-0.05, 0) is 11.6 Å². The second-order valence-corrected chi connectivity index (χ2v) is 3.65. The summed E-state index contributed by atoms with van der Waals surface area (Å²) in [5.41, 5.74) is 0.642. The summed E-state index contributed by atoms with van der Waals surface area (Å²) in [7, 11) is 1.59. The van der Waals surface area contributed by atoms with Crippen LogP contribution >= 0.6 is 11.6 Å². The van der Waals surface area contributed by atoms with Gasteiger partial charge in [-0.25, -0.2) is 0 Å². The predicted octanol–water partition coefficient (Wildman–Crippen LogP) is 2.75. The van der Waals surface area contributed by atoms with Gasteiger partial charge >= 0.3 is 5.69 Å². The van der Waals surface area contributed by atoms with E-state index in [2.05, 4.69) is 0 Å². The second kappa shape index (κ2) is 7.09. The molecule has 0 aromatic heterocycles. The molecule has 17 heavy (non-hydrogen) atoms. The first-order chi connectivity index (χ1) is 8.19. The highest BCUT2D eigenvalue weighted by Gasteiger charge is 2.15. The molecular weight excluding hydrogens is 246 g/mol. The Morgan fingerprint density at radius 1 is 1.41 bits per heavy atom. The van der Waals surface area contributed by atoms with Crippen molar-refractivity contribution >= 4 is 17.3 Å². The molecule has 5 nitrogen and oxygen atoms in total. The van der Waals surface area contributed by atoms with Crippen LogP contribution in [0.1, 0.15) is 12.0 Å². The molecule has 0 saturated heterocycles. The first kappa shape index (κ1) is 13.7. The number of benzene rings is 1. The first-order valence-corrected chi connectivity index (χ1v) is 5.67. The summed E-state index contributed by atoms with van der Waals surface area (Å²) in [6.45, 7) is 0.947. The molecule has 0 aliphatic heterocycles. The molecule has 0 unspecified atom stereocenters. The van der Waals surface area contributed by atoms with Gasteiger partial charge in [-0.2, -0.15) is 0 Å². The zero-order valence-corrected chi connectivity index (χ0v) is 10.3. The average molecular weight is 260 g/mol. The van der Waals surface area contributed by atoms with Crippen LogP contribution in [0, 0.1) is 10.1 Å². The maximum absolute atomic E-state index is 10.8. The fraction of sp³-hybridized carbons (Fsp3) is 0.455. The Balaban J connectivity index is 2.73. The largest absolute Gasteiger partial charge is 0.487 e. The smallest absolute Gasteiger partial charge is 0.311 e. The minimum absolute atomic E-state index is 0.0550. The van der Waals surface area contributed by atoms with Gasteiger partial charge < -0.3 is 9.47 Å². The second-order valence-electron chi connectivity index (χ2n) is 3.39. The number of nitro groups is 1. The SMILES string of the molecule is COCCCOc1ccc(CCl)cc1[N+](=O)[O-]. The Labute approximate surface area is 104 Å². The number of hydrogen-bond donors (Lipinski definition) is 0. The summed E-state index contributed by atoms with van der Waals surface area (Å²) >= 11 is 5.62. The highest BCUT2D eigenvalue weighted by atomic mass is 35.5. The quantitative estimate of drug-likeness (QED) is 0.327. The van der Waals surface area contributed by atoms with Crippen LogP contribution in [-0.4, -0.2) is 25.2 Å². The third kappa shape index (κ3) is 4.20. The van der Waals surface area contributed by atoms with Crippen molar-refractivity contribution in [2.45, 2.75) is 12.3 Å². The van der Waals surface area contributed by atoms with Gasteiger partial charge in [0.15, 0.2) is 5.75 Å². The van der Waals surface area contributed by atoms with Crippen molar-refractivity contribution in [1.29, 1.82) is 0 Å². The van der Waals surface area contributed by atoms with Crippen molar-refractivity contribution in [1.82, 2.24) is 0 Å².